The molecule has 1 fully saturated rings. The monoisotopic (exact) mass is 452 g/mol. The molecule has 3 N–H and O–H groups in total. The lowest BCUT2D eigenvalue weighted by Gasteiger charge is -2.39. The van der Waals surface area contributed by atoms with Crippen molar-refractivity contribution in [2.45, 2.75) is 24.9 Å². The molecule has 0 bridgehead atoms. The summed E-state index contributed by atoms with van der Waals surface area (Å²) in [5.74, 6) is 0.912. The number of fused-ring (bicyclic) bond motifs is 1. The Morgan fingerprint density at radius 2 is 1.81 bits per heavy atom. The lowest BCUT2D eigenvalue weighted by Crippen LogP contribution is -2.46. The van der Waals surface area contributed by atoms with Crippen LogP contribution in [0.5, 0.6) is 0 Å². The molecule has 1 aliphatic heterocycles. The van der Waals surface area contributed by atoms with Crippen molar-refractivity contribution in [1.82, 2.24) is 19.6 Å². The van der Waals surface area contributed by atoms with Crippen molar-refractivity contribution in [3.63, 3.8) is 0 Å². The van der Waals surface area contributed by atoms with E-state index < -0.39 is 5.60 Å². The number of hydrogen-bond donors (Lipinski definition) is 2. The highest BCUT2D eigenvalue weighted by Gasteiger charge is 2.33. The minimum atomic E-state index is -0.778. The summed E-state index contributed by atoms with van der Waals surface area (Å²) in [6.07, 6.45) is 1.78. The quantitative estimate of drug-likeness (QED) is 0.490. The Morgan fingerprint density at radius 1 is 1.06 bits per heavy atom. The predicted molar refractivity (Wildman–Crippen MR) is 122 cm³/mol. The molecule has 7 nitrogen and oxygen atoms in total. The molecular formula is C23H22ClFN6O. The molecule has 2 aromatic carbocycles. The highest BCUT2D eigenvalue weighted by atomic mass is 35.5. The molecule has 2 aromatic heterocycles. The summed E-state index contributed by atoms with van der Waals surface area (Å²) in [4.78, 5) is 11.1. The van der Waals surface area contributed by atoms with Gasteiger partial charge in [0, 0.05) is 36.2 Å². The van der Waals surface area contributed by atoms with Crippen molar-refractivity contribution >= 4 is 29.0 Å². The molecule has 1 saturated heterocycles. The van der Waals surface area contributed by atoms with E-state index >= 15 is 0 Å². The molecule has 1 aliphatic rings. The number of nitrogen functional groups attached to an aromatic ring is 1. The van der Waals surface area contributed by atoms with Crippen LogP contribution in [0.25, 0.3) is 17.0 Å². The normalized spacial score (nSPS) is 15.9. The van der Waals surface area contributed by atoms with Crippen molar-refractivity contribution < 1.29 is 9.50 Å². The Labute approximate surface area is 189 Å². The van der Waals surface area contributed by atoms with Gasteiger partial charge in [-0.1, -0.05) is 35.9 Å². The van der Waals surface area contributed by atoms with Gasteiger partial charge in [0.1, 0.15) is 11.6 Å². The van der Waals surface area contributed by atoms with Gasteiger partial charge in [-0.15, -0.1) is 5.10 Å². The van der Waals surface area contributed by atoms with Crippen LogP contribution in [0.1, 0.15) is 18.4 Å². The number of aliphatic hydroxyl groups is 1. The standard InChI is InChI=1S/C23H22ClFN6O/c24-17-6-4-15(5-7-17)14-23(32)8-10-30(11-9-23)19-13-20-27-21(29-31(20)22(26)28-19)16-2-1-3-18(25)12-16/h1-7,12-13,32H,8-11,14H2,(H2,26,28). The number of nitrogens with two attached hydrogens (primary N) is 1. The van der Waals surface area contributed by atoms with E-state index in [1.54, 1.807) is 12.1 Å². The van der Waals surface area contributed by atoms with Gasteiger partial charge < -0.3 is 15.7 Å². The van der Waals surface area contributed by atoms with Gasteiger partial charge in [0.25, 0.3) is 0 Å². The maximum absolute atomic E-state index is 13.6. The number of nitrogens with zero attached hydrogens (tertiary/aromatic N) is 5. The average Bonchev–Trinajstić information content (AvgIpc) is 3.21. The molecule has 32 heavy (non-hydrogen) atoms. The van der Waals surface area contributed by atoms with E-state index in [4.69, 9.17) is 17.3 Å². The van der Waals surface area contributed by atoms with Crippen molar-refractivity contribution in [3.8, 4) is 11.4 Å². The van der Waals surface area contributed by atoms with Gasteiger partial charge in [0.15, 0.2) is 11.5 Å². The van der Waals surface area contributed by atoms with Gasteiger partial charge in [-0.3, -0.25) is 0 Å². The molecule has 5 rings (SSSR count). The molecule has 9 heteroatoms. The zero-order valence-electron chi connectivity index (χ0n) is 17.2. The molecule has 0 spiro atoms. The number of anilines is 2. The third kappa shape index (κ3) is 4.11. The maximum Gasteiger partial charge on any atom is 0.225 e. The van der Waals surface area contributed by atoms with E-state index in [0.717, 1.165) is 5.56 Å². The summed E-state index contributed by atoms with van der Waals surface area (Å²) in [6, 6.07) is 15.5. The highest BCUT2D eigenvalue weighted by Crippen LogP contribution is 2.30. The predicted octanol–water partition coefficient (Wildman–Crippen LogP) is 3.74. The zero-order valence-corrected chi connectivity index (χ0v) is 18.0. The fourth-order valence-electron chi connectivity index (χ4n) is 4.12. The van der Waals surface area contributed by atoms with E-state index in [0.29, 0.717) is 60.2 Å². The number of hydrogen-bond acceptors (Lipinski definition) is 6. The fourth-order valence-corrected chi connectivity index (χ4v) is 4.25. The molecule has 0 aliphatic carbocycles. The summed E-state index contributed by atoms with van der Waals surface area (Å²) in [6.45, 7) is 1.27. The van der Waals surface area contributed by atoms with Crippen LogP contribution >= 0.6 is 11.6 Å². The van der Waals surface area contributed by atoms with Crippen LogP contribution in [0, 0.1) is 5.82 Å². The van der Waals surface area contributed by atoms with Gasteiger partial charge in [-0.2, -0.15) is 9.50 Å². The molecule has 3 heterocycles. The second kappa shape index (κ2) is 8.03. The molecule has 0 radical (unpaired) electrons. The van der Waals surface area contributed by atoms with Crippen LogP contribution in [0.4, 0.5) is 16.2 Å². The Balaban J connectivity index is 1.34. The SMILES string of the molecule is Nc1nc(N2CCC(O)(Cc3ccc(Cl)cc3)CC2)cc2nc(-c3cccc(F)c3)nn12. The average molecular weight is 453 g/mol. The minimum absolute atomic E-state index is 0.203. The second-order valence-electron chi connectivity index (χ2n) is 8.20. The van der Waals surface area contributed by atoms with Gasteiger partial charge >= 0.3 is 0 Å². The van der Waals surface area contributed by atoms with Crippen LogP contribution in [0.15, 0.2) is 54.6 Å². The van der Waals surface area contributed by atoms with Crippen LogP contribution in [-0.2, 0) is 6.42 Å². The number of piperidine rings is 1. The Hall–Kier alpha value is -3.23. The van der Waals surface area contributed by atoms with E-state index in [1.807, 2.05) is 30.3 Å². The molecule has 0 unspecified atom stereocenters. The summed E-state index contributed by atoms with van der Waals surface area (Å²) in [5.41, 5.74) is 7.53. The second-order valence-corrected chi connectivity index (χ2v) is 8.64. The van der Waals surface area contributed by atoms with Crippen LogP contribution < -0.4 is 10.6 Å². The van der Waals surface area contributed by atoms with Crippen molar-refractivity contribution in [2.75, 3.05) is 23.7 Å². The first-order chi connectivity index (χ1) is 15.4. The van der Waals surface area contributed by atoms with Gasteiger partial charge in [-0.05, 0) is 42.7 Å². The number of halogens is 2. The molecule has 0 amide bonds. The first-order valence-corrected chi connectivity index (χ1v) is 10.8. The molecule has 164 valence electrons. The highest BCUT2D eigenvalue weighted by molar-refractivity contribution is 6.30. The van der Waals surface area contributed by atoms with Crippen molar-refractivity contribution in [3.05, 3.63) is 71.0 Å². The van der Waals surface area contributed by atoms with E-state index in [1.165, 1.54) is 16.6 Å². The molecule has 0 saturated carbocycles. The van der Waals surface area contributed by atoms with Crippen LogP contribution in [0.2, 0.25) is 5.02 Å². The van der Waals surface area contributed by atoms with Gasteiger partial charge in [-0.25, -0.2) is 9.37 Å². The Morgan fingerprint density at radius 3 is 2.53 bits per heavy atom. The number of benzene rings is 2. The molecular weight excluding hydrogens is 431 g/mol. The first-order valence-electron chi connectivity index (χ1n) is 10.4. The van der Waals surface area contributed by atoms with Crippen molar-refractivity contribution in [2.24, 2.45) is 0 Å². The van der Waals surface area contributed by atoms with Crippen LogP contribution in [-0.4, -0.2) is 43.4 Å². The first kappa shape index (κ1) is 20.7. The van der Waals surface area contributed by atoms with Crippen LogP contribution in [0.3, 0.4) is 0 Å². The fraction of sp³-hybridized carbons (Fsp3) is 0.261. The lowest BCUT2D eigenvalue weighted by molar-refractivity contribution is 0.0164. The summed E-state index contributed by atoms with van der Waals surface area (Å²) in [5, 5.41) is 16.1. The molecule has 4 aromatic rings. The van der Waals surface area contributed by atoms with Gasteiger partial charge in [0.05, 0.1) is 5.60 Å². The summed E-state index contributed by atoms with van der Waals surface area (Å²) < 4.78 is 15.0. The largest absolute Gasteiger partial charge is 0.389 e. The summed E-state index contributed by atoms with van der Waals surface area (Å²) >= 11 is 5.96. The van der Waals surface area contributed by atoms with E-state index in [-0.39, 0.29) is 11.8 Å². The third-order valence-electron chi connectivity index (χ3n) is 5.88. The number of aromatic nitrogens is 4. The third-order valence-corrected chi connectivity index (χ3v) is 6.14. The maximum atomic E-state index is 13.6. The van der Waals surface area contributed by atoms with E-state index in [2.05, 4.69) is 20.0 Å². The lowest BCUT2D eigenvalue weighted by atomic mass is 9.85. The van der Waals surface area contributed by atoms with Gasteiger partial charge in [0.2, 0.25) is 5.95 Å². The summed E-state index contributed by atoms with van der Waals surface area (Å²) in [7, 11) is 0. The van der Waals surface area contributed by atoms with Crippen molar-refractivity contribution in [1.29, 1.82) is 0 Å². The Bertz CT molecular complexity index is 1270. The zero-order chi connectivity index (χ0) is 22.3. The number of rotatable bonds is 4. The molecule has 0 atom stereocenters. The topological polar surface area (TPSA) is 92.6 Å². The van der Waals surface area contributed by atoms with E-state index in [9.17, 15) is 9.50 Å². The smallest absolute Gasteiger partial charge is 0.225 e. The Kier molecular flexibility index (Phi) is 5.19. The minimum Gasteiger partial charge on any atom is -0.389 e.